The van der Waals surface area contributed by atoms with Crippen LogP contribution in [0.1, 0.15) is 194 Å². The fourth-order valence-corrected chi connectivity index (χ4v) is 6.43. The van der Waals surface area contributed by atoms with Crippen molar-refractivity contribution in [2.75, 3.05) is 26.4 Å². The minimum Gasteiger partial charge on any atom is -0.462 e. The first-order valence-corrected chi connectivity index (χ1v) is 21.5. The van der Waals surface area contributed by atoms with E-state index in [-0.39, 0.29) is 19.4 Å². The summed E-state index contributed by atoms with van der Waals surface area (Å²) in [7, 11) is -4.60. The summed E-state index contributed by atoms with van der Waals surface area (Å²) in [4.78, 5) is 34.8. The third-order valence-corrected chi connectivity index (χ3v) is 9.71. The number of esters is 2. The van der Waals surface area contributed by atoms with Crippen molar-refractivity contribution >= 4 is 19.8 Å². The summed E-state index contributed by atoms with van der Waals surface area (Å²) in [5.41, 5.74) is 0. The third-order valence-electron chi connectivity index (χ3n) is 8.76. The van der Waals surface area contributed by atoms with Gasteiger partial charge in [-0.2, -0.15) is 0 Å². The highest BCUT2D eigenvalue weighted by atomic mass is 31.2. The molecular formula is C38H75O10P. The highest BCUT2D eigenvalue weighted by Gasteiger charge is 2.27. The molecule has 0 radical (unpaired) electrons. The Labute approximate surface area is 299 Å². The van der Waals surface area contributed by atoms with Crippen molar-refractivity contribution in [1.82, 2.24) is 0 Å². The van der Waals surface area contributed by atoms with Crippen molar-refractivity contribution in [2.24, 2.45) is 0 Å². The van der Waals surface area contributed by atoms with Crippen molar-refractivity contribution < 1.29 is 47.8 Å². The first-order valence-electron chi connectivity index (χ1n) is 20.0. The van der Waals surface area contributed by atoms with Gasteiger partial charge in [0.05, 0.1) is 19.8 Å². The molecule has 11 heteroatoms. The van der Waals surface area contributed by atoms with Crippen molar-refractivity contribution in [3.63, 3.8) is 0 Å². The van der Waals surface area contributed by atoms with Crippen LogP contribution in [0.25, 0.3) is 0 Å². The summed E-state index contributed by atoms with van der Waals surface area (Å²) < 4.78 is 32.6. The van der Waals surface area contributed by atoms with Crippen LogP contribution in [0, 0.1) is 0 Å². The smallest absolute Gasteiger partial charge is 0.462 e. The number of aliphatic hydroxyl groups is 2. The molecule has 0 heterocycles. The molecule has 0 aliphatic heterocycles. The lowest BCUT2D eigenvalue weighted by Crippen LogP contribution is -2.29. The standard InChI is InChI=1S/C38H75O10P/c1-3-5-7-9-11-13-14-15-16-17-18-19-20-22-24-26-28-30-38(42)48-36(34-47-49(43,44)46-32-35(40)31-39)33-45-37(41)29-27-25-23-21-12-10-8-6-4-2/h35-36,39-40H,3-34H2,1-2H3,(H,43,44). The van der Waals surface area contributed by atoms with E-state index in [9.17, 15) is 24.2 Å². The predicted molar refractivity (Wildman–Crippen MR) is 196 cm³/mol. The van der Waals surface area contributed by atoms with Gasteiger partial charge in [-0.3, -0.25) is 18.6 Å². The van der Waals surface area contributed by atoms with Crippen molar-refractivity contribution in [2.45, 2.75) is 206 Å². The van der Waals surface area contributed by atoms with Crippen LogP contribution in [-0.2, 0) is 32.7 Å². The summed E-state index contributed by atoms with van der Waals surface area (Å²) in [5, 5.41) is 18.3. The van der Waals surface area contributed by atoms with Crippen LogP contribution in [0.4, 0.5) is 0 Å². The molecular weight excluding hydrogens is 647 g/mol. The first-order chi connectivity index (χ1) is 23.7. The lowest BCUT2D eigenvalue weighted by molar-refractivity contribution is -0.161. The Morgan fingerprint density at radius 3 is 1.27 bits per heavy atom. The number of phosphoric ester groups is 1. The van der Waals surface area contributed by atoms with E-state index in [1.165, 1.54) is 116 Å². The number of aliphatic hydroxyl groups excluding tert-OH is 2. The lowest BCUT2D eigenvalue weighted by Gasteiger charge is -2.20. The number of ether oxygens (including phenoxy) is 2. The molecule has 0 aliphatic rings. The zero-order valence-corrected chi connectivity index (χ0v) is 32.3. The molecule has 10 nitrogen and oxygen atoms in total. The fraction of sp³-hybridized carbons (Fsp3) is 0.947. The number of unbranched alkanes of at least 4 members (excludes halogenated alkanes) is 24. The molecule has 0 aromatic rings. The van der Waals surface area contributed by atoms with Crippen LogP contribution in [0.3, 0.4) is 0 Å². The molecule has 292 valence electrons. The van der Waals surface area contributed by atoms with Gasteiger partial charge in [-0.15, -0.1) is 0 Å². The van der Waals surface area contributed by atoms with Crippen molar-refractivity contribution in [3.8, 4) is 0 Å². The highest BCUT2D eigenvalue weighted by Crippen LogP contribution is 2.43. The van der Waals surface area contributed by atoms with Gasteiger partial charge in [-0.1, -0.05) is 168 Å². The molecule has 0 aromatic carbocycles. The zero-order chi connectivity index (χ0) is 36.3. The van der Waals surface area contributed by atoms with E-state index in [1.807, 2.05) is 0 Å². The molecule has 0 saturated carbocycles. The monoisotopic (exact) mass is 723 g/mol. The summed E-state index contributed by atoms with van der Waals surface area (Å²) >= 11 is 0. The lowest BCUT2D eigenvalue weighted by atomic mass is 10.0. The maximum Gasteiger partial charge on any atom is 0.472 e. The van der Waals surface area contributed by atoms with Gasteiger partial charge >= 0.3 is 19.8 Å². The van der Waals surface area contributed by atoms with Crippen LogP contribution < -0.4 is 0 Å². The van der Waals surface area contributed by atoms with Crippen LogP contribution in [0.2, 0.25) is 0 Å². The second kappa shape index (κ2) is 35.4. The Bertz CT molecular complexity index is 796. The summed E-state index contributed by atoms with van der Waals surface area (Å²) in [6.07, 6.45) is 29.4. The SMILES string of the molecule is CCCCCCCCCCCCCCCCCCCC(=O)OC(COC(=O)CCCCCCCCCCC)COP(=O)(O)OCC(O)CO. The molecule has 0 fully saturated rings. The van der Waals surface area contributed by atoms with Gasteiger partial charge in [0, 0.05) is 12.8 Å². The van der Waals surface area contributed by atoms with E-state index in [2.05, 4.69) is 18.4 Å². The van der Waals surface area contributed by atoms with E-state index >= 15 is 0 Å². The first kappa shape index (κ1) is 48.0. The number of hydrogen-bond donors (Lipinski definition) is 3. The van der Waals surface area contributed by atoms with Gasteiger partial charge in [0.15, 0.2) is 6.10 Å². The molecule has 0 amide bonds. The zero-order valence-electron chi connectivity index (χ0n) is 31.4. The molecule has 3 atom stereocenters. The average molecular weight is 723 g/mol. The van der Waals surface area contributed by atoms with Crippen molar-refractivity contribution in [3.05, 3.63) is 0 Å². The van der Waals surface area contributed by atoms with Crippen LogP contribution in [-0.4, -0.2) is 65.7 Å². The summed E-state index contributed by atoms with van der Waals surface area (Å²) in [6, 6.07) is 0. The van der Waals surface area contributed by atoms with Gasteiger partial charge in [-0.25, -0.2) is 4.57 Å². The van der Waals surface area contributed by atoms with Gasteiger partial charge in [0.1, 0.15) is 12.7 Å². The largest absolute Gasteiger partial charge is 0.472 e. The molecule has 0 aliphatic carbocycles. The van der Waals surface area contributed by atoms with Gasteiger partial charge in [0.2, 0.25) is 0 Å². The minimum absolute atomic E-state index is 0.192. The molecule has 3 unspecified atom stereocenters. The van der Waals surface area contributed by atoms with Crippen LogP contribution in [0.5, 0.6) is 0 Å². The number of carbonyl (C=O) groups excluding carboxylic acids is 2. The average Bonchev–Trinajstić information content (AvgIpc) is 3.09. The Hall–Kier alpha value is -1.03. The third kappa shape index (κ3) is 35.2. The Kier molecular flexibility index (Phi) is 34.6. The van der Waals surface area contributed by atoms with E-state index in [1.54, 1.807) is 0 Å². The molecule has 0 spiro atoms. The molecule has 3 N–H and O–H groups in total. The van der Waals surface area contributed by atoms with Gasteiger partial charge in [-0.05, 0) is 12.8 Å². The molecule has 0 bridgehead atoms. The molecule has 0 saturated heterocycles. The van der Waals surface area contributed by atoms with Crippen LogP contribution in [0.15, 0.2) is 0 Å². The number of hydrogen-bond acceptors (Lipinski definition) is 9. The van der Waals surface area contributed by atoms with E-state index in [4.69, 9.17) is 19.1 Å². The molecule has 0 rings (SSSR count). The van der Waals surface area contributed by atoms with E-state index in [0.29, 0.717) is 12.8 Å². The van der Waals surface area contributed by atoms with Crippen molar-refractivity contribution in [1.29, 1.82) is 0 Å². The highest BCUT2D eigenvalue weighted by molar-refractivity contribution is 7.47. The van der Waals surface area contributed by atoms with Crippen LogP contribution >= 0.6 is 7.82 Å². The summed E-state index contributed by atoms with van der Waals surface area (Å²) in [6.45, 7) is 2.37. The summed E-state index contributed by atoms with van der Waals surface area (Å²) in [5.74, 6) is -0.916. The Balaban J connectivity index is 4.25. The van der Waals surface area contributed by atoms with E-state index in [0.717, 1.165) is 38.5 Å². The Morgan fingerprint density at radius 1 is 0.531 bits per heavy atom. The van der Waals surface area contributed by atoms with Gasteiger partial charge < -0.3 is 24.6 Å². The maximum atomic E-state index is 12.6. The number of carbonyl (C=O) groups is 2. The minimum atomic E-state index is -4.60. The maximum absolute atomic E-state index is 12.6. The second-order valence-electron chi connectivity index (χ2n) is 13.7. The molecule has 49 heavy (non-hydrogen) atoms. The number of rotatable bonds is 38. The number of phosphoric acid groups is 1. The second-order valence-corrected chi connectivity index (χ2v) is 15.1. The Morgan fingerprint density at radius 2 is 0.878 bits per heavy atom. The normalized spacial score (nSPS) is 14.0. The molecule has 0 aromatic heterocycles. The predicted octanol–water partition coefficient (Wildman–Crippen LogP) is 9.89. The van der Waals surface area contributed by atoms with E-state index < -0.39 is 51.8 Å². The van der Waals surface area contributed by atoms with Gasteiger partial charge in [0.25, 0.3) is 0 Å². The topological polar surface area (TPSA) is 149 Å². The quantitative estimate of drug-likeness (QED) is 0.0319. The fourth-order valence-electron chi connectivity index (χ4n) is 5.64.